The first-order valence-electron chi connectivity index (χ1n) is 7.03. The van der Waals surface area contributed by atoms with Crippen LogP contribution in [0.1, 0.15) is 0 Å². The molecule has 0 saturated heterocycles. The van der Waals surface area contributed by atoms with Gasteiger partial charge in [0.1, 0.15) is 37.8 Å². The Kier molecular flexibility index (Phi) is 7.60. The van der Waals surface area contributed by atoms with Gasteiger partial charge in [0, 0.05) is 22.2 Å². The fraction of sp³-hybridized carbons (Fsp3) is 0.250. The van der Waals surface area contributed by atoms with Crippen molar-refractivity contribution in [3.05, 3.63) is 56.5 Å². The summed E-state index contributed by atoms with van der Waals surface area (Å²) in [4.78, 5) is 0. The number of rotatable bonds is 8. The van der Waals surface area contributed by atoms with Crippen molar-refractivity contribution in [3.63, 3.8) is 0 Å². The van der Waals surface area contributed by atoms with E-state index in [0.29, 0.717) is 44.8 Å². The predicted molar refractivity (Wildman–Crippen MR) is 95.6 cm³/mol. The Labute approximate surface area is 155 Å². The molecule has 0 atom stereocenters. The van der Waals surface area contributed by atoms with Gasteiger partial charge in [0.2, 0.25) is 0 Å². The van der Waals surface area contributed by atoms with Crippen LogP contribution in [0.3, 0.4) is 0 Å². The Balaban J connectivity index is 1.63. The van der Waals surface area contributed by atoms with Gasteiger partial charge >= 0.3 is 0 Å². The molecule has 0 heterocycles. The fourth-order valence-electron chi connectivity index (χ4n) is 1.82. The molecule has 3 nitrogen and oxygen atoms in total. The summed E-state index contributed by atoms with van der Waals surface area (Å²) >= 11 is 23.8. The molecule has 2 rings (SSSR count). The second kappa shape index (κ2) is 9.45. The smallest absolute Gasteiger partial charge is 0.139 e. The third-order valence-corrected chi connectivity index (χ3v) is 4.04. The van der Waals surface area contributed by atoms with E-state index in [1.807, 2.05) is 0 Å². The summed E-state index contributed by atoms with van der Waals surface area (Å²) in [6.07, 6.45) is 0. The molecule has 2 aromatic rings. The van der Waals surface area contributed by atoms with Crippen LogP contribution in [0.2, 0.25) is 20.1 Å². The molecule has 0 aliphatic heterocycles. The van der Waals surface area contributed by atoms with E-state index in [4.69, 9.17) is 55.9 Å². The number of quaternary nitrogens is 1. The molecule has 0 saturated carbocycles. The number of halogens is 4. The Morgan fingerprint density at radius 2 is 1.13 bits per heavy atom. The number of nitrogens with two attached hydrogens (primary N) is 1. The standard InChI is InChI=1S/C16H15Cl4NO2/c17-11-1-3-13(19)15(9-11)22-7-5-21-6-8-23-16-10-12(18)2-4-14(16)20/h1-4,9-10,21H,5-8H2/p+1. The maximum atomic E-state index is 6.02. The molecule has 2 N–H and O–H groups in total. The van der Waals surface area contributed by atoms with E-state index in [9.17, 15) is 0 Å². The molecule has 0 amide bonds. The van der Waals surface area contributed by atoms with Gasteiger partial charge in [0.15, 0.2) is 0 Å². The van der Waals surface area contributed by atoms with Gasteiger partial charge in [0.25, 0.3) is 0 Å². The Morgan fingerprint density at radius 3 is 1.57 bits per heavy atom. The highest BCUT2D eigenvalue weighted by Crippen LogP contribution is 2.28. The summed E-state index contributed by atoms with van der Waals surface area (Å²) in [7, 11) is 0. The molecular formula is C16H16Cl4NO2+. The number of ether oxygens (including phenoxy) is 2. The normalized spacial score (nSPS) is 10.6. The van der Waals surface area contributed by atoms with E-state index in [1.54, 1.807) is 36.4 Å². The molecule has 0 aromatic heterocycles. The van der Waals surface area contributed by atoms with Gasteiger partial charge in [-0.1, -0.05) is 46.4 Å². The second-order valence-electron chi connectivity index (χ2n) is 4.71. The zero-order valence-corrected chi connectivity index (χ0v) is 15.2. The highest BCUT2D eigenvalue weighted by Gasteiger charge is 2.04. The van der Waals surface area contributed by atoms with Crippen molar-refractivity contribution in [1.82, 2.24) is 0 Å². The molecule has 0 aliphatic carbocycles. The minimum absolute atomic E-state index is 0.526. The lowest BCUT2D eigenvalue weighted by atomic mass is 10.3. The first-order valence-corrected chi connectivity index (χ1v) is 8.55. The SMILES string of the molecule is Clc1ccc(Cl)c(OCC[NH2+]CCOc2cc(Cl)ccc2Cl)c1. The lowest BCUT2D eigenvalue weighted by molar-refractivity contribution is -0.655. The molecular weight excluding hydrogens is 380 g/mol. The lowest BCUT2D eigenvalue weighted by Gasteiger charge is -2.09. The Hall–Kier alpha value is -0.840. The third kappa shape index (κ3) is 6.28. The van der Waals surface area contributed by atoms with Crippen LogP contribution in [0.4, 0.5) is 0 Å². The molecule has 0 unspecified atom stereocenters. The van der Waals surface area contributed by atoms with E-state index in [2.05, 4.69) is 5.32 Å². The van der Waals surface area contributed by atoms with Crippen LogP contribution in [0.25, 0.3) is 0 Å². The topological polar surface area (TPSA) is 35.1 Å². The van der Waals surface area contributed by atoms with Gasteiger partial charge in [0.05, 0.1) is 10.0 Å². The van der Waals surface area contributed by atoms with Gasteiger partial charge in [-0.05, 0) is 24.3 Å². The summed E-state index contributed by atoms with van der Waals surface area (Å²) < 4.78 is 11.2. The van der Waals surface area contributed by atoms with Crippen LogP contribution in [-0.2, 0) is 0 Å². The van der Waals surface area contributed by atoms with E-state index in [1.165, 1.54) is 0 Å². The van der Waals surface area contributed by atoms with Crippen molar-refractivity contribution in [3.8, 4) is 11.5 Å². The average molecular weight is 396 g/mol. The minimum atomic E-state index is 0.526. The minimum Gasteiger partial charge on any atom is -0.486 e. The highest BCUT2D eigenvalue weighted by atomic mass is 35.5. The monoisotopic (exact) mass is 394 g/mol. The first-order chi connectivity index (χ1) is 11.1. The van der Waals surface area contributed by atoms with Gasteiger partial charge in [-0.3, -0.25) is 0 Å². The van der Waals surface area contributed by atoms with E-state index in [0.717, 1.165) is 13.1 Å². The first kappa shape index (κ1) is 18.5. The summed E-state index contributed by atoms with van der Waals surface area (Å²) in [5.41, 5.74) is 0. The molecule has 7 heteroatoms. The Morgan fingerprint density at radius 1 is 0.696 bits per heavy atom. The van der Waals surface area contributed by atoms with Gasteiger partial charge in [-0.2, -0.15) is 0 Å². The number of hydrogen-bond acceptors (Lipinski definition) is 2. The molecule has 0 radical (unpaired) electrons. The second-order valence-corrected chi connectivity index (χ2v) is 6.40. The number of benzene rings is 2. The largest absolute Gasteiger partial charge is 0.486 e. The third-order valence-electron chi connectivity index (χ3n) is 2.95. The number of hydrogen-bond donors (Lipinski definition) is 1. The van der Waals surface area contributed by atoms with Crippen LogP contribution >= 0.6 is 46.4 Å². The van der Waals surface area contributed by atoms with Crippen LogP contribution in [-0.4, -0.2) is 26.3 Å². The molecule has 124 valence electrons. The van der Waals surface area contributed by atoms with E-state index in [-0.39, 0.29) is 0 Å². The zero-order chi connectivity index (χ0) is 16.7. The van der Waals surface area contributed by atoms with Crippen LogP contribution in [0, 0.1) is 0 Å². The van der Waals surface area contributed by atoms with Crippen molar-refractivity contribution in [1.29, 1.82) is 0 Å². The quantitative estimate of drug-likeness (QED) is 0.675. The van der Waals surface area contributed by atoms with Crippen molar-refractivity contribution in [2.75, 3.05) is 26.3 Å². The zero-order valence-electron chi connectivity index (χ0n) is 12.2. The molecule has 2 aromatic carbocycles. The predicted octanol–water partition coefficient (Wildman–Crippen LogP) is 4.32. The van der Waals surface area contributed by atoms with Crippen LogP contribution in [0.5, 0.6) is 11.5 Å². The summed E-state index contributed by atoms with van der Waals surface area (Å²) in [5, 5.41) is 4.37. The maximum absolute atomic E-state index is 6.02. The van der Waals surface area contributed by atoms with Crippen molar-refractivity contribution in [2.45, 2.75) is 0 Å². The average Bonchev–Trinajstić information content (AvgIpc) is 2.52. The highest BCUT2D eigenvalue weighted by molar-refractivity contribution is 6.34. The molecule has 0 spiro atoms. The molecule has 23 heavy (non-hydrogen) atoms. The van der Waals surface area contributed by atoms with Gasteiger partial charge in [-0.25, -0.2) is 0 Å². The van der Waals surface area contributed by atoms with Gasteiger partial charge in [-0.15, -0.1) is 0 Å². The molecule has 0 fully saturated rings. The summed E-state index contributed by atoms with van der Waals surface area (Å²) in [5.74, 6) is 1.18. The Bertz CT molecular complexity index is 596. The van der Waals surface area contributed by atoms with E-state index < -0.39 is 0 Å². The molecule has 0 bridgehead atoms. The molecule has 0 aliphatic rings. The van der Waals surface area contributed by atoms with Crippen molar-refractivity contribution >= 4 is 46.4 Å². The van der Waals surface area contributed by atoms with Gasteiger partial charge < -0.3 is 14.8 Å². The lowest BCUT2D eigenvalue weighted by Crippen LogP contribution is -2.86. The summed E-state index contributed by atoms with van der Waals surface area (Å²) in [6, 6.07) is 10.3. The fourth-order valence-corrected chi connectivity index (χ4v) is 2.49. The van der Waals surface area contributed by atoms with Crippen molar-refractivity contribution < 1.29 is 14.8 Å². The van der Waals surface area contributed by atoms with Crippen LogP contribution in [0.15, 0.2) is 36.4 Å². The maximum Gasteiger partial charge on any atom is 0.139 e. The van der Waals surface area contributed by atoms with E-state index >= 15 is 0 Å². The summed E-state index contributed by atoms with van der Waals surface area (Å²) in [6.45, 7) is 2.60. The van der Waals surface area contributed by atoms with Crippen LogP contribution < -0.4 is 14.8 Å². The van der Waals surface area contributed by atoms with Crippen molar-refractivity contribution in [2.24, 2.45) is 0 Å².